The lowest BCUT2D eigenvalue weighted by Gasteiger charge is -2.03. The van der Waals surface area contributed by atoms with E-state index >= 15 is 0 Å². The molecule has 1 heterocycles. The van der Waals surface area contributed by atoms with Crippen molar-refractivity contribution in [2.45, 2.75) is 6.92 Å². The second-order valence-corrected chi connectivity index (χ2v) is 3.50. The Kier molecular flexibility index (Phi) is 2.28. The van der Waals surface area contributed by atoms with Crippen molar-refractivity contribution in [2.75, 3.05) is 0 Å². The molecule has 5 heteroatoms. The quantitative estimate of drug-likeness (QED) is 0.423. The number of nitro groups is 1. The molecule has 1 aromatic carbocycles. The summed E-state index contributed by atoms with van der Waals surface area (Å²) in [6.07, 6.45) is 0. The minimum atomic E-state index is -0.430. The zero-order chi connectivity index (χ0) is 11.0. The van der Waals surface area contributed by atoms with E-state index in [2.05, 4.69) is 4.98 Å². The lowest BCUT2D eigenvalue weighted by Crippen LogP contribution is -1.96. The molecule has 0 saturated carbocycles. The first-order chi connectivity index (χ1) is 7.11. The molecule has 0 amide bonds. The normalized spacial score (nSPS) is 10.5. The van der Waals surface area contributed by atoms with E-state index < -0.39 is 4.92 Å². The Hall–Kier alpha value is -1.68. The minimum Gasteiger partial charge on any atom is -0.258 e. The summed E-state index contributed by atoms with van der Waals surface area (Å²) in [5.74, 6) is 0. The highest BCUT2D eigenvalue weighted by molar-refractivity contribution is 6.34. The van der Waals surface area contributed by atoms with Crippen LogP contribution in [0.25, 0.3) is 10.8 Å². The van der Waals surface area contributed by atoms with Gasteiger partial charge in [0.05, 0.1) is 10.3 Å². The molecule has 0 bridgehead atoms. The largest absolute Gasteiger partial charge is 0.298 e. The highest BCUT2D eigenvalue weighted by Gasteiger charge is 2.18. The molecule has 0 aliphatic carbocycles. The molecule has 2 aromatic rings. The number of nitrogens with zero attached hydrogens (tertiary/aromatic N) is 2. The van der Waals surface area contributed by atoms with Crippen molar-refractivity contribution >= 4 is 28.1 Å². The highest BCUT2D eigenvalue weighted by Crippen LogP contribution is 2.31. The first kappa shape index (κ1) is 9.86. The van der Waals surface area contributed by atoms with Gasteiger partial charge in [-0.2, -0.15) is 0 Å². The number of hydrogen-bond donors (Lipinski definition) is 0. The van der Waals surface area contributed by atoms with Gasteiger partial charge in [-0.3, -0.25) is 10.1 Å². The van der Waals surface area contributed by atoms with Gasteiger partial charge in [-0.15, -0.1) is 0 Å². The van der Waals surface area contributed by atoms with E-state index in [9.17, 15) is 10.1 Å². The van der Waals surface area contributed by atoms with Crippen LogP contribution in [0.2, 0.25) is 5.15 Å². The standard InChI is InChI=1S/C10H7ClN2O2/c1-6-9(13(14)15)7-4-2-3-5-8(7)10(11)12-6/h2-5H,1H3. The fraction of sp³-hybridized carbons (Fsp3) is 0.100. The molecule has 4 nitrogen and oxygen atoms in total. The van der Waals surface area contributed by atoms with Crippen LogP contribution >= 0.6 is 11.6 Å². The van der Waals surface area contributed by atoms with Crippen LogP contribution in [0.3, 0.4) is 0 Å². The van der Waals surface area contributed by atoms with Gasteiger partial charge in [0, 0.05) is 5.39 Å². The van der Waals surface area contributed by atoms with Crippen LogP contribution in [-0.2, 0) is 0 Å². The Morgan fingerprint density at radius 1 is 1.33 bits per heavy atom. The Morgan fingerprint density at radius 2 is 1.93 bits per heavy atom. The van der Waals surface area contributed by atoms with Crippen molar-refractivity contribution < 1.29 is 4.92 Å². The number of aryl methyl sites for hydroxylation is 1. The molecule has 15 heavy (non-hydrogen) atoms. The van der Waals surface area contributed by atoms with Crippen molar-refractivity contribution in [3.63, 3.8) is 0 Å². The molecule has 0 aliphatic rings. The van der Waals surface area contributed by atoms with Crippen LogP contribution in [-0.4, -0.2) is 9.91 Å². The lowest BCUT2D eigenvalue weighted by atomic mass is 10.1. The van der Waals surface area contributed by atoms with E-state index in [0.717, 1.165) is 0 Å². The fourth-order valence-electron chi connectivity index (χ4n) is 1.56. The van der Waals surface area contributed by atoms with E-state index in [1.807, 2.05) is 0 Å². The number of halogens is 1. The molecule has 0 aliphatic heterocycles. The minimum absolute atomic E-state index is 0.0231. The second kappa shape index (κ2) is 3.47. The predicted octanol–water partition coefficient (Wildman–Crippen LogP) is 3.10. The number of hydrogen-bond acceptors (Lipinski definition) is 3. The first-order valence-electron chi connectivity index (χ1n) is 4.30. The van der Waals surface area contributed by atoms with Crippen molar-refractivity contribution in [3.05, 3.63) is 45.2 Å². The summed E-state index contributed by atoms with van der Waals surface area (Å²) < 4.78 is 0. The zero-order valence-corrected chi connectivity index (χ0v) is 8.65. The molecule has 76 valence electrons. The monoisotopic (exact) mass is 222 g/mol. The van der Waals surface area contributed by atoms with Gasteiger partial charge in [0.25, 0.3) is 5.69 Å². The Morgan fingerprint density at radius 3 is 2.53 bits per heavy atom. The topological polar surface area (TPSA) is 56.0 Å². The average molecular weight is 223 g/mol. The summed E-state index contributed by atoms with van der Waals surface area (Å²) in [7, 11) is 0. The number of aromatic nitrogens is 1. The molecule has 1 aromatic heterocycles. The SMILES string of the molecule is Cc1nc(Cl)c2ccccc2c1[N+](=O)[O-]. The molecular formula is C10H7ClN2O2. The van der Waals surface area contributed by atoms with Crippen LogP contribution in [0.1, 0.15) is 5.69 Å². The number of benzene rings is 1. The molecule has 2 rings (SSSR count). The van der Waals surface area contributed by atoms with Crippen LogP contribution in [0.5, 0.6) is 0 Å². The van der Waals surface area contributed by atoms with Gasteiger partial charge in [-0.25, -0.2) is 4.98 Å². The maximum atomic E-state index is 10.9. The summed E-state index contributed by atoms with van der Waals surface area (Å²) in [5, 5.41) is 12.3. The number of pyridine rings is 1. The number of fused-ring (bicyclic) bond motifs is 1. The van der Waals surface area contributed by atoms with E-state index in [1.165, 1.54) is 0 Å². The maximum absolute atomic E-state index is 10.9. The van der Waals surface area contributed by atoms with Crippen molar-refractivity contribution in [1.29, 1.82) is 0 Å². The zero-order valence-electron chi connectivity index (χ0n) is 7.90. The predicted molar refractivity (Wildman–Crippen MR) is 58.1 cm³/mol. The third-order valence-corrected chi connectivity index (χ3v) is 2.48. The van der Waals surface area contributed by atoms with Crippen LogP contribution < -0.4 is 0 Å². The Labute approximate surface area is 90.7 Å². The van der Waals surface area contributed by atoms with E-state index in [1.54, 1.807) is 31.2 Å². The van der Waals surface area contributed by atoms with Crippen molar-refractivity contribution in [3.8, 4) is 0 Å². The van der Waals surface area contributed by atoms with Crippen LogP contribution in [0, 0.1) is 17.0 Å². The molecule has 0 N–H and O–H groups in total. The number of rotatable bonds is 1. The van der Waals surface area contributed by atoms with Crippen molar-refractivity contribution in [2.24, 2.45) is 0 Å². The third kappa shape index (κ3) is 1.53. The summed E-state index contributed by atoms with van der Waals surface area (Å²) in [6.45, 7) is 1.58. The highest BCUT2D eigenvalue weighted by atomic mass is 35.5. The Bertz CT molecular complexity index is 554. The second-order valence-electron chi connectivity index (χ2n) is 3.14. The van der Waals surface area contributed by atoms with Gasteiger partial charge in [-0.1, -0.05) is 29.8 Å². The smallest absolute Gasteiger partial charge is 0.258 e. The maximum Gasteiger partial charge on any atom is 0.298 e. The van der Waals surface area contributed by atoms with Crippen molar-refractivity contribution in [1.82, 2.24) is 4.98 Å². The molecule has 0 fully saturated rings. The van der Waals surface area contributed by atoms with E-state index in [0.29, 0.717) is 21.6 Å². The average Bonchev–Trinajstić information content (AvgIpc) is 2.17. The van der Waals surface area contributed by atoms with Crippen LogP contribution in [0.4, 0.5) is 5.69 Å². The van der Waals surface area contributed by atoms with Gasteiger partial charge in [0.15, 0.2) is 0 Å². The van der Waals surface area contributed by atoms with E-state index in [-0.39, 0.29) is 5.69 Å². The molecule has 0 atom stereocenters. The summed E-state index contributed by atoms with van der Waals surface area (Å²) in [5.41, 5.74) is 0.360. The van der Waals surface area contributed by atoms with Crippen LogP contribution in [0.15, 0.2) is 24.3 Å². The molecule has 0 saturated heterocycles. The Balaban J connectivity index is 2.96. The molecule has 0 spiro atoms. The fourth-order valence-corrected chi connectivity index (χ4v) is 1.85. The van der Waals surface area contributed by atoms with Gasteiger partial charge in [0.1, 0.15) is 10.8 Å². The molecular weight excluding hydrogens is 216 g/mol. The van der Waals surface area contributed by atoms with Gasteiger partial charge >= 0.3 is 0 Å². The van der Waals surface area contributed by atoms with E-state index in [4.69, 9.17) is 11.6 Å². The first-order valence-corrected chi connectivity index (χ1v) is 4.68. The summed E-state index contributed by atoms with van der Waals surface area (Å²) in [4.78, 5) is 14.4. The lowest BCUT2D eigenvalue weighted by molar-refractivity contribution is -0.383. The van der Waals surface area contributed by atoms with Gasteiger partial charge in [0.2, 0.25) is 0 Å². The van der Waals surface area contributed by atoms with Gasteiger partial charge in [-0.05, 0) is 13.0 Å². The molecule has 0 radical (unpaired) electrons. The summed E-state index contributed by atoms with van der Waals surface area (Å²) >= 11 is 5.91. The summed E-state index contributed by atoms with van der Waals surface area (Å²) in [6, 6.07) is 6.91. The third-order valence-electron chi connectivity index (χ3n) is 2.20. The van der Waals surface area contributed by atoms with Gasteiger partial charge < -0.3 is 0 Å². The molecule has 0 unspecified atom stereocenters.